The number of carboxylic acid groups (broad SMARTS) is 2. The Labute approximate surface area is 57.3 Å². The smallest absolute Gasteiger partial charge is 0.545 e. The Morgan fingerprint density at radius 1 is 1.30 bits per heavy atom. The van der Waals surface area contributed by atoms with Crippen molar-refractivity contribution < 1.29 is 19.8 Å². The van der Waals surface area contributed by atoms with Crippen LogP contribution in [0.4, 0.5) is 0 Å². The molecule has 0 saturated heterocycles. The second kappa shape index (κ2) is 7.60. The summed E-state index contributed by atoms with van der Waals surface area (Å²) in [5.41, 5.74) is 0. The van der Waals surface area contributed by atoms with Gasteiger partial charge in [-0.25, -0.2) is 4.79 Å². The molecule has 4 radical (unpaired) electrons. The minimum atomic E-state index is -1.51. The molecular weight excluding hydrogens is 140 g/mol. The molecule has 0 rings (SSSR count). The molecule has 0 spiro atoms. The van der Waals surface area contributed by atoms with Crippen molar-refractivity contribution in [3.05, 3.63) is 12.2 Å². The molecule has 0 aliphatic heterocycles. The molecule has 0 aromatic carbocycles. The number of carbonyl (C=O) groups excluding carboxylic acids is 1. The molecular formula is C4H6N2O4. The Morgan fingerprint density at radius 2 is 1.70 bits per heavy atom. The first-order chi connectivity index (χ1) is 3.63. The van der Waals surface area contributed by atoms with E-state index in [1.54, 1.807) is 0 Å². The van der Waals surface area contributed by atoms with E-state index >= 15 is 0 Å². The van der Waals surface area contributed by atoms with Crippen molar-refractivity contribution in [2.24, 2.45) is 0 Å². The van der Waals surface area contributed by atoms with Crippen molar-refractivity contribution >= 4 is 11.9 Å². The lowest BCUT2D eigenvalue weighted by Gasteiger charge is -1.85. The Balaban J connectivity index is -0.000000245. The van der Waals surface area contributed by atoms with Gasteiger partial charge in [-0.2, -0.15) is 0 Å². The molecule has 10 heavy (non-hydrogen) atoms. The average Bonchev–Trinajstić information content (AvgIpc) is 1.61. The molecule has 0 unspecified atom stereocenters. The molecule has 0 amide bonds. The van der Waals surface area contributed by atoms with Crippen molar-refractivity contribution in [2.75, 3.05) is 0 Å². The minimum Gasteiger partial charge on any atom is -0.545 e. The third-order valence-corrected chi connectivity index (χ3v) is 0.362. The van der Waals surface area contributed by atoms with Crippen LogP contribution in [0.2, 0.25) is 0 Å². The van der Waals surface area contributed by atoms with E-state index in [0.29, 0.717) is 12.2 Å². The monoisotopic (exact) mass is 146 g/mol. The second-order valence-electron chi connectivity index (χ2n) is 0.991. The number of nitrogens with zero attached hydrogens (tertiary/aromatic N) is 1. The van der Waals surface area contributed by atoms with Gasteiger partial charge in [-0.15, -0.1) is 0 Å². The fraction of sp³-hybridized carbons (Fsp3) is 0. The largest absolute Gasteiger partial charge is 1.00 e. The Hall–Kier alpha value is -1.40. The number of carbonyl (C=O) groups is 2. The second-order valence-corrected chi connectivity index (χ2v) is 0.991. The minimum absolute atomic E-state index is 0. The average molecular weight is 146 g/mol. The first-order valence-corrected chi connectivity index (χ1v) is 1.75. The number of rotatable bonds is 2. The summed E-state index contributed by atoms with van der Waals surface area (Å²) < 4.78 is 0. The van der Waals surface area contributed by atoms with Gasteiger partial charge in [0.25, 0.3) is 0 Å². The van der Waals surface area contributed by atoms with Gasteiger partial charge in [-0.3, -0.25) is 0 Å². The van der Waals surface area contributed by atoms with Crippen molar-refractivity contribution in [1.82, 2.24) is 12.3 Å². The van der Waals surface area contributed by atoms with Crippen LogP contribution >= 0.6 is 0 Å². The highest BCUT2D eigenvalue weighted by molar-refractivity contribution is 5.88. The van der Waals surface area contributed by atoms with E-state index in [2.05, 4.69) is 0 Å². The molecule has 0 aliphatic rings. The molecule has 0 bridgehead atoms. The topological polar surface area (TPSA) is 143 Å². The molecule has 0 atom stereocenters. The summed E-state index contributed by atoms with van der Waals surface area (Å²) in [5, 5.41) is 17.2. The SMILES string of the molecule is N.O=C([O-])/C=C\C(=O)O.[N+]. The van der Waals surface area contributed by atoms with Crippen molar-refractivity contribution in [2.45, 2.75) is 0 Å². The molecule has 6 heteroatoms. The normalized spacial score (nSPS) is 7.60. The zero-order chi connectivity index (χ0) is 6.57. The predicted molar refractivity (Wildman–Crippen MR) is 28.9 cm³/mol. The van der Waals surface area contributed by atoms with E-state index in [4.69, 9.17) is 5.11 Å². The molecule has 4 N–H and O–H groups in total. The molecule has 0 fully saturated rings. The van der Waals surface area contributed by atoms with Gasteiger partial charge >= 0.3 is 12.1 Å². The molecule has 0 aromatic heterocycles. The van der Waals surface area contributed by atoms with Gasteiger partial charge in [-0.1, -0.05) is 0 Å². The summed E-state index contributed by atoms with van der Waals surface area (Å²) >= 11 is 0. The molecule has 0 aliphatic carbocycles. The quantitative estimate of drug-likeness (QED) is 0.435. The van der Waals surface area contributed by atoms with Gasteiger partial charge in [0.05, 0.1) is 5.97 Å². The maximum absolute atomic E-state index is 9.53. The Kier molecular flexibility index (Phi) is 12.0. The molecule has 0 aromatic rings. The van der Waals surface area contributed by atoms with Crippen LogP contribution in [0.25, 0.3) is 0 Å². The highest BCUT2D eigenvalue weighted by Crippen LogP contribution is 1.67. The Morgan fingerprint density at radius 3 is 1.80 bits per heavy atom. The highest BCUT2D eigenvalue weighted by atomic mass is 16.4. The van der Waals surface area contributed by atoms with Crippen LogP contribution in [0.5, 0.6) is 0 Å². The van der Waals surface area contributed by atoms with Gasteiger partial charge < -0.3 is 21.2 Å². The van der Waals surface area contributed by atoms with Crippen LogP contribution in [-0.2, 0) is 9.59 Å². The summed E-state index contributed by atoms with van der Waals surface area (Å²) in [5.74, 6) is -2.80. The van der Waals surface area contributed by atoms with Gasteiger partial charge in [0, 0.05) is 6.08 Å². The van der Waals surface area contributed by atoms with Crippen molar-refractivity contribution in [3.8, 4) is 0 Å². The summed E-state index contributed by atoms with van der Waals surface area (Å²) in [6.45, 7) is 0. The standard InChI is InChI=1S/C4H4O4.H3N.N/c5-3(6)1-2-4(7)8;;/h1-2H,(H,5,6)(H,7,8);1H3;/q;;+1/p-1/b2-1-;;. The molecule has 56 valence electrons. The third kappa shape index (κ3) is 16.0. The van der Waals surface area contributed by atoms with Gasteiger partial charge in [0.1, 0.15) is 0 Å². The fourth-order valence-corrected chi connectivity index (χ4v) is 0.139. The van der Waals surface area contributed by atoms with Crippen molar-refractivity contribution in [1.29, 1.82) is 0 Å². The molecule has 0 saturated carbocycles. The van der Waals surface area contributed by atoms with E-state index in [0.717, 1.165) is 0 Å². The summed E-state index contributed by atoms with van der Waals surface area (Å²) in [7, 11) is 0. The summed E-state index contributed by atoms with van der Waals surface area (Å²) in [6.07, 6.45) is 0.942. The zero-order valence-electron chi connectivity index (χ0n) is 4.98. The van der Waals surface area contributed by atoms with Crippen LogP contribution in [0.15, 0.2) is 12.2 Å². The van der Waals surface area contributed by atoms with Crippen LogP contribution in [0, 0.1) is 0 Å². The van der Waals surface area contributed by atoms with Gasteiger partial charge in [-0.05, 0) is 6.08 Å². The third-order valence-electron chi connectivity index (χ3n) is 0.362. The van der Waals surface area contributed by atoms with Gasteiger partial charge in [0.2, 0.25) is 0 Å². The van der Waals surface area contributed by atoms with E-state index in [1.807, 2.05) is 0 Å². The maximum atomic E-state index is 9.53. The van der Waals surface area contributed by atoms with E-state index < -0.39 is 11.9 Å². The van der Waals surface area contributed by atoms with E-state index in [1.165, 1.54) is 0 Å². The summed E-state index contributed by atoms with van der Waals surface area (Å²) in [4.78, 5) is 19.0. The van der Waals surface area contributed by atoms with Crippen molar-refractivity contribution in [3.63, 3.8) is 0 Å². The first-order valence-electron chi connectivity index (χ1n) is 1.75. The van der Waals surface area contributed by atoms with Crippen LogP contribution in [0.3, 0.4) is 0 Å². The van der Waals surface area contributed by atoms with E-state index in [9.17, 15) is 14.7 Å². The lowest BCUT2D eigenvalue weighted by molar-refractivity contribution is -0.297. The fourth-order valence-electron chi connectivity index (χ4n) is 0.139. The number of hydrogen-bond acceptors (Lipinski definition) is 4. The first kappa shape index (κ1) is 15.8. The lowest BCUT2D eigenvalue weighted by atomic mass is 10.5. The lowest BCUT2D eigenvalue weighted by Crippen LogP contribution is -2.19. The van der Waals surface area contributed by atoms with E-state index in [-0.39, 0.29) is 12.3 Å². The van der Waals surface area contributed by atoms with Crippen LogP contribution in [-0.4, -0.2) is 17.0 Å². The maximum Gasteiger partial charge on any atom is 1.00 e. The number of hydrogen-bond donors (Lipinski definition) is 2. The molecule has 6 nitrogen and oxygen atoms in total. The number of aliphatic carboxylic acids is 2. The molecule has 0 heterocycles. The van der Waals surface area contributed by atoms with Gasteiger partial charge in [0.15, 0.2) is 0 Å². The highest BCUT2D eigenvalue weighted by Gasteiger charge is 1.81. The predicted octanol–water partition coefficient (Wildman–Crippen LogP) is -1.94. The number of carboxylic acids is 2. The summed E-state index contributed by atoms with van der Waals surface area (Å²) in [6, 6.07) is 0. The zero-order valence-corrected chi connectivity index (χ0v) is 4.98. The van der Waals surface area contributed by atoms with Crippen LogP contribution in [0.1, 0.15) is 0 Å². The van der Waals surface area contributed by atoms with Crippen LogP contribution < -0.4 is 17.4 Å². The Bertz CT molecular complexity index is 126.